The highest BCUT2D eigenvalue weighted by Gasteiger charge is 2.09. The third-order valence-corrected chi connectivity index (χ3v) is 2.88. The summed E-state index contributed by atoms with van der Waals surface area (Å²) in [5.41, 5.74) is 7.13. The summed E-state index contributed by atoms with van der Waals surface area (Å²) in [7, 11) is 0. The van der Waals surface area contributed by atoms with Crippen LogP contribution in [0.1, 0.15) is 13.3 Å². The van der Waals surface area contributed by atoms with Gasteiger partial charge >= 0.3 is 0 Å². The van der Waals surface area contributed by atoms with E-state index < -0.39 is 0 Å². The van der Waals surface area contributed by atoms with Crippen LogP contribution in [0, 0.1) is 5.92 Å². The second kappa shape index (κ2) is 4.04. The molecule has 0 aliphatic carbocycles. The largest absolute Gasteiger partial charge is 0.330 e. The Bertz CT molecular complexity index is 131. The van der Waals surface area contributed by atoms with E-state index in [2.05, 4.69) is 13.0 Å². The highest BCUT2D eigenvalue weighted by Crippen LogP contribution is 2.22. The van der Waals surface area contributed by atoms with E-state index in [4.69, 9.17) is 5.73 Å². The Morgan fingerprint density at radius 3 is 3.10 bits per heavy atom. The van der Waals surface area contributed by atoms with Crippen LogP contribution in [0.2, 0.25) is 0 Å². The number of rotatable bonds is 2. The molecule has 1 unspecified atom stereocenters. The molecule has 0 fully saturated rings. The van der Waals surface area contributed by atoms with Crippen molar-refractivity contribution in [3.63, 3.8) is 0 Å². The zero-order valence-corrected chi connectivity index (χ0v) is 7.29. The minimum Gasteiger partial charge on any atom is -0.330 e. The summed E-state index contributed by atoms with van der Waals surface area (Å²) in [5.74, 6) is 3.09. The number of hydrogen-bond acceptors (Lipinski definition) is 2. The molecule has 1 aliphatic rings. The van der Waals surface area contributed by atoms with Crippen LogP contribution in [0.5, 0.6) is 0 Å². The Kier molecular flexibility index (Phi) is 3.29. The van der Waals surface area contributed by atoms with E-state index >= 15 is 0 Å². The molecule has 0 aromatic carbocycles. The summed E-state index contributed by atoms with van der Waals surface area (Å²) in [6, 6.07) is 0. The molecule has 10 heavy (non-hydrogen) atoms. The molecule has 0 amide bonds. The monoisotopic (exact) mass is 157 g/mol. The van der Waals surface area contributed by atoms with Crippen molar-refractivity contribution in [3.8, 4) is 0 Å². The Balaban J connectivity index is 2.44. The van der Waals surface area contributed by atoms with Gasteiger partial charge in [-0.15, -0.1) is 0 Å². The smallest absolute Gasteiger partial charge is 0.0116 e. The fourth-order valence-electron chi connectivity index (χ4n) is 1.14. The van der Waals surface area contributed by atoms with Gasteiger partial charge < -0.3 is 5.73 Å². The van der Waals surface area contributed by atoms with Crippen LogP contribution in [0.25, 0.3) is 0 Å². The van der Waals surface area contributed by atoms with E-state index in [1.165, 1.54) is 17.9 Å². The molecule has 0 aromatic rings. The molecular weight excluding hydrogens is 142 g/mol. The van der Waals surface area contributed by atoms with Gasteiger partial charge in [-0.3, -0.25) is 0 Å². The molecule has 1 heterocycles. The van der Waals surface area contributed by atoms with Crippen molar-refractivity contribution in [1.82, 2.24) is 0 Å². The van der Waals surface area contributed by atoms with E-state index in [9.17, 15) is 0 Å². The standard InChI is InChI=1S/C8H15NS/c1-7(6-9)8-2-4-10-5-3-8/h2,7H,3-6,9H2,1H3. The molecule has 0 saturated carbocycles. The second-order valence-corrected chi connectivity index (χ2v) is 3.89. The minimum absolute atomic E-state index is 0.612. The molecule has 2 heteroatoms. The Morgan fingerprint density at radius 1 is 1.80 bits per heavy atom. The molecule has 1 aliphatic heterocycles. The van der Waals surface area contributed by atoms with Crippen molar-refractivity contribution in [1.29, 1.82) is 0 Å². The van der Waals surface area contributed by atoms with Gasteiger partial charge in [-0.25, -0.2) is 0 Å². The third kappa shape index (κ3) is 2.03. The predicted octanol–water partition coefficient (Wildman–Crippen LogP) is 1.64. The average Bonchev–Trinajstić information content (AvgIpc) is 2.05. The van der Waals surface area contributed by atoms with Crippen LogP contribution >= 0.6 is 11.8 Å². The summed E-state index contributed by atoms with van der Waals surface area (Å²) in [5, 5.41) is 0. The lowest BCUT2D eigenvalue weighted by Crippen LogP contribution is -2.15. The maximum atomic E-state index is 5.56. The zero-order chi connectivity index (χ0) is 7.40. The lowest BCUT2D eigenvalue weighted by atomic mass is 9.99. The number of thioether (sulfide) groups is 1. The van der Waals surface area contributed by atoms with E-state index in [-0.39, 0.29) is 0 Å². The van der Waals surface area contributed by atoms with E-state index in [1.54, 1.807) is 5.57 Å². The van der Waals surface area contributed by atoms with E-state index in [1.807, 2.05) is 11.8 Å². The first-order chi connectivity index (χ1) is 4.84. The van der Waals surface area contributed by atoms with Gasteiger partial charge in [0.05, 0.1) is 0 Å². The maximum Gasteiger partial charge on any atom is 0.0116 e. The van der Waals surface area contributed by atoms with Crippen LogP contribution in [0.15, 0.2) is 11.6 Å². The number of nitrogens with two attached hydrogens (primary N) is 1. The van der Waals surface area contributed by atoms with Crippen LogP contribution in [-0.2, 0) is 0 Å². The van der Waals surface area contributed by atoms with Crippen LogP contribution < -0.4 is 5.73 Å². The van der Waals surface area contributed by atoms with Crippen LogP contribution in [0.3, 0.4) is 0 Å². The Morgan fingerprint density at radius 2 is 2.60 bits per heavy atom. The topological polar surface area (TPSA) is 26.0 Å². The second-order valence-electron chi connectivity index (χ2n) is 2.74. The highest BCUT2D eigenvalue weighted by molar-refractivity contribution is 7.99. The maximum absolute atomic E-state index is 5.56. The fourth-order valence-corrected chi connectivity index (χ4v) is 2.02. The predicted molar refractivity (Wildman–Crippen MR) is 48.2 cm³/mol. The molecule has 1 nitrogen and oxygen atoms in total. The molecule has 0 spiro atoms. The summed E-state index contributed by atoms with van der Waals surface area (Å²) >= 11 is 2.01. The van der Waals surface area contributed by atoms with E-state index in [0.29, 0.717) is 5.92 Å². The van der Waals surface area contributed by atoms with Crippen LogP contribution in [-0.4, -0.2) is 18.1 Å². The summed E-state index contributed by atoms with van der Waals surface area (Å²) in [6.07, 6.45) is 3.59. The lowest BCUT2D eigenvalue weighted by Gasteiger charge is -2.17. The van der Waals surface area contributed by atoms with Crippen LogP contribution in [0.4, 0.5) is 0 Å². The minimum atomic E-state index is 0.612. The van der Waals surface area contributed by atoms with Gasteiger partial charge in [-0.1, -0.05) is 18.6 Å². The molecule has 1 atom stereocenters. The molecule has 2 N–H and O–H groups in total. The Hall–Kier alpha value is 0.0500. The molecule has 0 bridgehead atoms. The van der Waals surface area contributed by atoms with Gasteiger partial charge in [0.2, 0.25) is 0 Å². The van der Waals surface area contributed by atoms with Gasteiger partial charge in [-0.05, 0) is 24.6 Å². The van der Waals surface area contributed by atoms with Crippen molar-refractivity contribution >= 4 is 11.8 Å². The van der Waals surface area contributed by atoms with Crippen molar-refractivity contribution in [3.05, 3.63) is 11.6 Å². The molecule has 0 aromatic heterocycles. The molecule has 58 valence electrons. The van der Waals surface area contributed by atoms with Gasteiger partial charge in [0, 0.05) is 5.75 Å². The third-order valence-electron chi connectivity index (χ3n) is 1.98. The van der Waals surface area contributed by atoms with Crippen molar-refractivity contribution in [2.24, 2.45) is 11.7 Å². The Labute approximate surface area is 67.1 Å². The normalized spacial score (nSPS) is 22.0. The first-order valence-corrected chi connectivity index (χ1v) is 4.97. The highest BCUT2D eigenvalue weighted by atomic mass is 32.2. The van der Waals surface area contributed by atoms with Crippen molar-refractivity contribution in [2.75, 3.05) is 18.1 Å². The molecule has 1 rings (SSSR count). The first-order valence-electron chi connectivity index (χ1n) is 3.81. The number of hydrogen-bond donors (Lipinski definition) is 1. The summed E-state index contributed by atoms with van der Waals surface area (Å²) in [6.45, 7) is 3.01. The van der Waals surface area contributed by atoms with Gasteiger partial charge in [-0.2, -0.15) is 11.8 Å². The SMILES string of the molecule is CC(CN)C1=CCSCC1. The first kappa shape index (κ1) is 8.15. The lowest BCUT2D eigenvalue weighted by molar-refractivity contribution is 0.667. The molecule has 0 saturated heterocycles. The van der Waals surface area contributed by atoms with Crippen molar-refractivity contribution in [2.45, 2.75) is 13.3 Å². The summed E-state index contributed by atoms with van der Waals surface area (Å²) < 4.78 is 0. The van der Waals surface area contributed by atoms with Gasteiger partial charge in [0.1, 0.15) is 0 Å². The quantitative estimate of drug-likeness (QED) is 0.617. The molecule has 0 radical (unpaired) electrons. The average molecular weight is 157 g/mol. The van der Waals surface area contributed by atoms with E-state index in [0.717, 1.165) is 6.54 Å². The molecular formula is C8H15NS. The van der Waals surface area contributed by atoms with Gasteiger partial charge in [0.25, 0.3) is 0 Å². The fraction of sp³-hybridized carbons (Fsp3) is 0.750. The van der Waals surface area contributed by atoms with Gasteiger partial charge in [0.15, 0.2) is 0 Å². The van der Waals surface area contributed by atoms with Crippen molar-refractivity contribution < 1.29 is 0 Å². The summed E-state index contributed by atoms with van der Waals surface area (Å²) in [4.78, 5) is 0. The zero-order valence-electron chi connectivity index (χ0n) is 6.47.